The maximum Gasteiger partial charge on any atom is 0.325 e. The Morgan fingerprint density at radius 1 is 1.06 bits per heavy atom. The molecule has 1 aromatic heterocycles. The molecule has 8 nitrogen and oxygen atoms in total. The molecule has 4 heterocycles. The van der Waals surface area contributed by atoms with Crippen LogP contribution >= 0.6 is 11.3 Å². The lowest BCUT2D eigenvalue weighted by Gasteiger charge is -2.36. The summed E-state index contributed by atoms with van der Waals surface area (Å²) in [6.45, 7) is 7.22. The molecule has 2 aromatic rings. The number of piperazine rings is 1. The number of thiophene rings is 1. The molecule has 0 unspecified atom stereocenters. The van der Waals surface area contributed by atoms with E-state index < -0.39 is 5.54 Å². The van der Waals surface area contributed by atoms with Crippen molar-refractivity contribution in [1.82, 2.24) is 20.0 Å². The second kappa shape index (κ2) is 8.95. The molecule has 0 radical (unpaired) electrons. The molecule has 1 saturated carbocycles. The van der Waals surface area contributed by atoms with Gasteiger partial charge in [0.1, 0.15) is 16.4 Å². The molecular formula is C26H32N6O2S. The van der Waals surface area contributed by atoms with E-state index >= 15 is 0 Å². The van der Waals surface area contributed by atoms with E-state index in [0.717, 1.165) is 87.0 Å². The lowest BCUT2D eigenvalue weighted by Crippen LogP contribution is -2.49. The first-order valence-corrected chi connectivity index (χ1v) is 13.5. The number of aryl methyl sites for hydroxylation is 1. The molecule has 2 N–H and O–H groups in total. The zero-order chi connectivity index (χ0) is 24.0. The van der Waals surface area contributed by atoms with E-state index in [2.05, 4.69) is 45.6 Å². The van der Waals surface area contributed by atoms with E-state index in [0.29, 0.717) is 6.54 Å². The van der Waals surface area contributed by atoms with Gasteiger partial charge < -0.3 is 15.5 Å². The van der Waals surface area contributed by atoms with Crippen LogP contribution in [0.3, 0.4) is 0 Å². The minimum absolute atomic E-state index is 0.00746. The number of imide groups is 1. The third-order valence-corrected chi connectivity index (χ3v) is 8.67. The number of rotatable bonds is 4. The second-order valence-electron chi connectivity index (χ2n) is 10.0. The maximum atomic E-state index is 12.9. The number of amides is 3. The number of carbonyl (C=O) groups excluding carboxylic acids is 2. The molecule has 1 aliphatic carbocycles. The monoisotopic (exact) mass is 492 g/mol. The van der Waals surface area contributed by atoms with Gasteiger partial charge in [0.15, 0.2) is 0 Å². The lowest BCUT2D eigenvalue weighted by molar-refractivity contribution is -0.131. The van der Waals surface area contributed by atoms with E-state index in [1.807, 2.05) is 12.1 Å². The fourth-order valence-electron chi connectivity index (χ4n) is 5.82. The van der Waals surface area contributed by atoms with Crippen LogP contribution in [-0.2, 0) is 4.79 Å². The van der Waals surface area contributed by atoms with Crippen molar-refractivity contribution < 1.29 is 9.59 Å². The Kier molecular flexibility index (Phi) is 5.76. The number of carbonyl (C=O) groups is 2. The van der Waals surface area contributed by atoms with Gasteiger partial charge >= 0.3 is 6.03 Å². The van der Waals surface area contributed by atoms with Gasteiger partial charge in [-0.2, -0.15) is 0 Å². The van der Waals surface area contributed by atoms with Gasteiger partial charge in [0.2, 0.25) is 0 Å². The summed E-state index contributed by atoms with van der Waals surface area (Å²) in [6.07, 6.45) is 4.41. The van der Waals surface area contributed by atoms with Gasteiger partial charge in [0.05, 0.1) is 16.9 Å². The summed E-state index contributed by atoms with van der Waals surface area (Å²) in [5.41, 5.74) is 2.59. The quantitative estimate of drug-likeness (QED) is 0.629. The number of benzene rings is 1. The van der Waals surface area contributed by atoms with Crippen molar-refractivity contribution in [1.29, 1.82) is 0 Å². The van der Waals surface area contributed by atoms with Crippen LogP contribution in [0, 0.1) is 6.92 Å². The maximum absolute atomic E-state index is 12.9. The second-order valence-corrected chi connectivity index (χ2v) is 11.3. The summed E-state index contributed by atoms with van der Waals surface area (Å²) in [5.74, 6) is 1.04. The number of aliphatic imine (C=N–C) groups is 1. The Morgan fingerprint density at radius 3 is 2.63 bits per heavy atom. The summed E-state index contributed by atoms with van der Waals surface area (Å²) >= 11 is 1.77. The lowest BCUT2D eigenvalue weighted by atomic mass is 9.98. The summed E-state index contributed by atoms with van der Waals surface area (Å²) in [4.78, 5) is 37.9. The molecule has 4 aliphatic rings. The van der Waals surface area contributed by atoms with Crippen molar-refractivity contribution in [2.45, 2.75) is 44.6 Å². The average molecular weight is 493 g/mol. The third kappa shape index (κ3) is 4.10. The van der Waals surface area contributed by atoms with Gasteiger partial charge in [-0.05, 0) is 50.9 Å². The molecule has 3 fully saturated rings. The Balaban J connectivity index is 1.07. The zero-order valence-corrected chi connectivity index (χ0v) is 21.0. The van der Waals surface area contributed by atoms with E-state index in [9.17, 15) is 9.59 Å². The van der Waals surface area contributed by atoms with Crippen molar-refractivity contribution in [3.05, 3.63) is 40.8 Å². The number of nitrogens with zero attached hydrogens (tertiary/aromatic N) is 4. The van der Waals surface area contributed by atoms with Crippen molar-refractivity contribution in [3.63, 3.8) is 0 Å². The first-order valence-electron chi connectivity index (χ1n) is 12.7. The van der Waals surface area contributed by atoms with Crippen molar-refractivity contribution in [2.75, 3.05) is 44.6 Å². The highest BCUT2D eigenvalue weighted by Crippen LogP contribution is 2.39. The number of hydrogen-bond donors (Lipinski definition) is 2. The van der Waals surface area contributed by atoms with Crippen molar-refractivity contribution >= 4 is 45.5 Å². The largest absolute Gasteiger partial charge is 0.353 e. The number of fused-ring (bicyclic) bond motifs is 2. The van der Waals surface area contributed by atoms with Gasteiger partial charge in [0, 0.05) is 37.6 Å². The third-order valence-electron chi connectivity index (χ3n) is 7.71. The van der Waals surface area contributed by atoms with Crippen molar-refractivity contribution in [3.8, 4) is 0 Å². The molecule has 3 amide bonds. The predicted molar refractivity (Wildman–Crippen MR) is 139 cm³/mol. The molecule has 184 valence electrons. The molecule has 35 heavy (non-hydrogen) atoms. The van der Waals surface area contributed by atoms with Crippen LogP contribution in [0.2, 0.25) is 0 Å². The van der Waals surface area contributed by atoms with Crippen LogP contribution in [0.4, 0.5) is 21.2 Å². The highest BCUT2D eigenvalue weighted by atomic mass is 32.1. The molecule has 2 saturated heterocycles. The number of para-hydroxylation sites is 2. The fraction of sp³-hybridized carbons (Fsp3) is 0.500. The molecule has 0 bridgehead atoms. The predicted octanol–water partition coefficient (Wildman–Crippen LogP) is 4.06. The topological polar surface area (TPSA) is 80.3 Å². The standard InChI is InChI=1S/C26H32N6O2S/c1-18-17-19-22(27-20-7-2-3-8-21(20)28-23(19)35-18)31-15-13-30(14-16-31)11-6-12-32-24(33)26(29-25(32)34)9-4-5-10-26/h2-3,7-8,17,28H,4-6,9-16H2,1H3,(H,29,34). The molecule has 9 heteroatoms. The Bertz CT molecular complexity index is 1180. The molecule has 0 atom stereocenters. The molecule has 6 rings (SSSR count). The van der Waals surface area contributed by atoms with Crippen LogP contribution in [0.1, 0.15) is 42.5 Å². The summed E-state index contributed by atoms with van der Waals surface area (Å²) < 4.78 is 0. The van der Waals surface area contributed by atoms with Gasteiger partial charge in [-0.25, -0.2) is 9.79 Å². The number of hydrogen-bond acceptors (Lipinski definition) is 7. The number of nitrogens with one attached hydrogen (secondary N) is 2. The first-order chi connectivity index (χ1) is 17.0. The van der Waals surface area contributed by atoms with Crippen LogP contribution in [0.25, 0.3) is 0 Å². The summed E-state index contributed by atoms with van der Waals surface area (Å²) in [5, 5.41) is 7.72. The number of anilines is 2. The average Bonchev–Trinajstić information content (AvgIpc) is 3.51. The van der Waals surface area contributed by atoms with Gasteiger partial charge in [-0.15, -0.1) is 11.3 Å². The molecular weight excluding hydrogens is 460 g/mol. The van der Waals surface area contributed by atoms with Crippen LogP contribution < -0.4 is 10.6 Å². The van der Waals surface area contributed by atoms with Gasteiger partial charge in [0.25, 0.3) is 5.91 Å². The van der Waals surface area contributed by atoms with E-state index in [4.69, 9.17) is 4.99 Å². The van der Waals surface area contributed by atoms with E-state index in [1.165, 1.54) is 15.3 Å². The SMILES string of the molecule is Cc1cc2c(s1)Nc1ccccc1N=C2N1CCN(CCCN2C(=O)NC3(CCCC3)C2=O)CC1. The summed E-state index contributed by atoms with van der Waals surface area (Å²) in [7, 11) is 0. The Labute approximate surface area is 210 Å². The zero-order valence-electron chi connectivity index (χ0n) is 20.2. The van der Waals surface area contributed by atoms with Gasteiger partial charge in [-0.3, -0.25) is 14.6 Å². The van der Waals surface area contributed by atoms with Gasteiger partial charge in [-0.1, -0.05) is 25.0 Å². The molecule has 1 spiro atoms. The summed E-state index contributed by atoms with van der Waals surface area (Å²) in [6, 6.07) is 10.2. The normalized spacial score (nSPS) is 21.5. The fourth-order valence-corrected chi connectivity index (χ4v) is 6.74. The highest BCUT2D eigenvalue weighted by molar-refractivity contribution is 7.16. The van der Waals surface area contributed by atoms with E-state index in [-0.39, 0.29) is 11.9 Å². The Hall–Kier alpha value is -2.91. The molecule has 3 aliphatic heterocycles. The highest BCUT2D eigenvalue weighted by Gasteiger charge is 2.52. The minimum atomic E-state index is -0.603. The number of urea groups is 1. The van der Waals surface area contributed by atoms with Crippen LogP contribution in [0.15, 0.2) is 35.3 Å². The van der Waals surface area contributed by atoms with Crippen molar-refractivity contribution in [2.24, 2.45) is 4.99 Å². The first kappa shape index (κ1) is 22.5. The smallest absolute Gasteiger partial charge is 0.325 e. The van der Waals surface area contributed by atoms with Crippen LogP contribution in [-0.4, -0.2) is 77.3 Å². The van der Waals surface area contributed by atoms with Crippen LogP contribution in [0.5, 0.6) is 0 Å². The Morgan fingerprint density at radius 2 is 1.83 bits per heavy atom. The minimum Gasteiger partial charge on any atom is -0.353 e. The molecule has 1 aromatic carbocycles. The number of amidine groups is 1. The van der Waals surface area contributed by atoms with E-state index in [1.54, 1.807) is 11.3 Å².